The van der Waals surface area contributed by atoms with Crippen LogP contribution >= 0.6 is 35.6 Å². The third-order valence-electron chi connectivity index (χ3n) is 4.06. The summed E-state index contributed by atoms with van der Waals surface area (Å²) in [5, 5.41) is 14.9. The Bertz CT molecular complexity index is 822. The van der Waals surface area contributed by atoms with Gasteiger partial charge in [0.1, 0.15) is 11.6 Å². The number of hydrogen-bond donors (Lipinski definition) is 2. The highest BCUT2D eigenvalue weighted by Crippen LogP contribution is 2.25. The van der Waals surface area contributed by atoms with Crippen LogP contribution in [0.5, 0.6) is 5.75 Å². The molecule has 1 aromatic carbocycles. The summed E-state index contributed by atoms with van der Waals surface area (Å²) in [6, 6.07) is 4.45. The van der Waals surface area contributed by atoms with Crippen LogP contribution in [0.2, 0.25) is 5.02 Å². The van der Waals surface area contributed by atoms with Crippen LogP contribution in [-0.4, -0.2) is 47.6 Å². The van der Waals surface area contributed by atoms with E-state index in [-0.39, 0.29) is 36.3 Å². The number of benzene rings is 1. The van der Waals surface area contributed by atoms with Gasteiger partial charge in [-0.15, -0.1) is 34.2 Å². The Morgan fingerprint density at radius 2 is 2.07 bits per heavy atom. The molecule has 2 rings (SSSR count). The maximum absolute atomic E-state index is 12.6. The number of alkyl halides is 2. The lowest BCUT2D eigenvalue weighted by atomic mass is 10.2. The van der Waals surface area contributed by atoms with Gasteiger partial charge in [0.15, 0.2) is 11.8 Å². The van der Waals surface area contributed by atoms with Crippen molar-refractivity contribution in [3.05, 3.63) is 40.4 Å². The summed E-state index contributed by atoms with van der Waals surface area (Å²) in [5.41, 5.74) is 0.449. The summed E-state index contributed by atoms with van der Waals surface area (Å²) in [5.74, 6) is 2.06. The van der Waals surface area contributed by atoms with Gasteiger partial charge in [-0.1, -0.05) is 11.6 Å². The largest absolute Gasteiger partial charge is 0.434 e. The molecule has 12 heteroatoms. The molecular weight excluding hydrogens is 533 g/mol. The SMILES string of the molecule is COCCCNC(=NCc1cc(Cl)ccc1OC(F)F)NCc1nnc(C)n1C.I. The average Bonchev–Trinajstić information content (AvgIpc) is 3.00. The van der Waals surface area contributed by atoms with Gasteiger partial charge >= 0.3 is 6.61 Å². The predicted octanol–water partition coefficient (Wildman–Crippen LogP) is 3.27. The number of ether oxygens (including phenoxy) is 2. The van der Waals surface area contributed by atoms with Gasteiger partial charge in [0.25, 0.3) is 0 Å². The average molecular weight is 559 g/mol. The van der Waals surface area contributed by atoms with Crippen LogP contribution in [0.15, 0.2) is 23.2 Å². The summed E-state index contributed by atoms with van der Waals surface area (Å²) in [4.78, 5) is 4.46. The van der Waals surface area contributed by atoms with E-state index >= 15 is 0 Å². The van der Waals surface area contributed by atoms with Crippen LogP contribution in [0.3, 0.4) is 0 Å². The molecule has 2 N–H and O–H groups in total. The van der Waals surface area contributed by atoms with Gasteiger partial charge in [0, 0.05) is 37.9 Å². The van der Waals surface area contributed by atoms with Crippen molar-refractivity contribution < 1.29 is 18.3 Å². The highest BCUT2D eigenvalue weighted by molar-refractivity contribution is 14.0. The maximum atomic E-state index is 12.6. The minimum Gasteiger partial charge on any atom is -0.434 e. The smallest absolute Gasteiger partial charge is 0.387 e. The second-order valence-electron chi connectivity index (χ2n) is 6.14. The molecule has 2 aromatic rings. The number of hydrogen-bond acceptors (Lipinski definition) is 5. The summed E-state index contributed by atoms with van der Waals surface area (Å²) in [7, 11) is 3.50. The van der Waals surface area contributed by atoms with Crippen LogP contribution in [-0.2, 0) is 24.9 Å². The summed E-state index contributed by atoms with van der Waals surface area (Å²) < 4.78 is 36.7. The van der Waals surface area contributed by atoms with Gasteiger partial charge in [0.2, 0.25) is 0 Å². The number of nitrogens with one attached hydrogen (secondary N) is 2. The summed E-state index contributed by atoms with van der Waals surface area (Å²) in [6.07, 6.45) is 0.775. The van der Waals surface area contributed by atoms with Gasteiger partial charge in [0.05, 0.1) is 13.1 Å². The van der Waals surface area contributed by atoms with Gasteiger partial charge in [-0.05, 0) is 31.5 Å². The fourth-order valence-corrected chi connectivity index (χ4v) is 2.61. The van der Waals surface area contributed by atoms with E-state index in [4.69, 9.17) is 16.3 Å². The molecule has 168 valence electrons. The molecule has 0 aliphatic rings. The topological polar surface area (TPSA) is 85.6 Å². The van der Waals surface area contributed by atoms with E-state index in [1.807, 2.05) is 18.5 Å². The highest BCUT2D eigenvalue weighted by atomic mass is 127. The van der Waals surface area contributed by atoms with E-state index in [0.717, 1.165) is 18.1 Å². The lowest BCUT2D eigenvalue weighted by Gasteiger charge is -2.14. The molecule has 0 aliphatic heterocycles. The molecule has 8 nitrogen and oxygen atoms in total. The van der Waals surface area contributed by atoms with E-state index in [1.54, 1.807) is 13.2 Å². The first kappa shape index (κ1) is 26.3. The molecule has 0 unspecified atom stereocenters. The number of rotatable bonds is 10. The molecule has 0 aliphatic carbocycles. The fourth-order valence-electron chi connectivity index (χ4n) is 2.41. The minimum absolute atomic E-state index is 0. The number of methoxy groups -OCH3 is 1. The highest BCUT2D eigenvalue weighted by Gasteiger charge is 2.11. The number of aryl methyl sites for hydroxylation is 1. The Morgan fingerprint density at radius 1 is 1.30 bits per heavy atom. The van der Waals surface area contributed by atoms with Crippen molar-refractivity contribution in [1.29, 1.82) is 0 Å². The second kappa shape index (κ2) is 13.5. The van der Waals surface area contributed by atoms with Gasteiger partial charge in [-0.2, -0.15) is 8.78 Å². The second-order valence-corrected chi connectivity index (χ2v) is 6.58. The van der Waals surface area contributed by atoms with Crippen molar-refractivity contribution in [1.82, 2.24) is 25.4 Å². The van der Waals surface area contributed by atoms with Crippen molar-refractivity contribution in [3.63, 3.8) is 0 Å². The third-order valence-corrected chi connectivity index (χ3v) is 4.30. The Hall–Kier alpha value is -1.73. The van der Waals surface area contributed by atoms with Crippen molar-refractivity contribution >= 4 is 41.5 Å². The molecule has 0 saturated carbocycles. The molecule has 1 aromatic heterocycles. The van der Waals surface area contributed by atoms with E-state index < -0.39 is 6.61 Å². The van der Waals surface area contributed by atoms with Gasteiger partial charge in [-0.3, -0.25) is 0 Å². The van der Waals surface area contributed by atoms with Crippen molar-refractivity contribution in [2.75, 3.05) is 20.3 Å². The normalized spacial score (nSPS) is 11.4. The first-order valence-electron chi connectivity index (χ1n) is 9.00. The molecule has 0 bridgehead atoms. The van der Waals surface area contributed by atoms with Gasteiger partial charge < -0.3 is 24.7 Å². The monoisotopic (exact) mass is 558 g/mol. The molecule has 0 saturated heterocycles. The fraction of sp³-hybridized carbons (Fsp3) is 0.500. The Kier molecular flexibility index (Phi) is 11.9. The molecule has 30 heavy (non-hydrogen) atoms. The number of guanidine groups is 1. The zero-order valence-corrected chi connectivity index (χ0v) is 20.1. The quantitative estimate of drug-likeness (QED) is 0.202. The first-order valence-corrected chi connectivity index (χ1v) is 9.37. The molecule has 0 spiro atoms. The van der Waals surface area contributed by atoms with Crippen molar-refractivity contribution in [2.45, 2.75) is 33.0 Å². The molecule has 0 fully saturated rings. The molecule has 1 heterocycles. The standard InChI is InChI=1S/C18H25ClF2N6O2.HI/c1-12-25-26-16(27(12)2)11-24-18(22-7-4-8-28-3)23-10-13-9-14(19)5-6-15(13)29-17(20)21;/h5-6,9,17H,4,7-8,10-11H2,1-3H3,(H2,22,23,24);1H. The van der Waals surface area contributed by atoms with Crippen LogP contribution in [0, 0.1) is 6.92 Å². The van der Waals surface area contributed by atoms with Crippen molar-refractivity contribution in [2.24, 2.45) is 12.0 Å². The van der Waals surface area contributed by atoms with Crippen LogP contribution in [0.25, 0.3) is 0 Å². The summed E-state index contributed by atoms with van der Waals surface area (Å²) >= 11 is 5.99. The Morgan fingerprint density at radius 3 is 2.70 bits per heavy atom. The van der Waals surface area contributed by atoms with E-state index in [1.165, 1.54) is 12.1 Å². The molecular formula is C18H26ClF2IN6O2. The number of nitrogens with zero attached hydrogens (tertiary/aromatic N) is 4. The lowest BCUT2D eigenvalue weighted by Crippen LogP contribution is -2.38. The Balaban J connectivity index is 0.00000450. The minimum atomic E-state index is -2.93. The van der Waals surface area contributed by atoms with E-state index in [9.17, 15) is 8.78 Å². The van der Waals surface area contributed by atoms with Crippen LogP contribution < -0.4 is 15.4 Å². The third kappa shape index (κ3) is 8.56. The molecule has 0 amide bonds. The van der Waals surface area contributed by atoms with E-state index in [2.05, 4.69) is 30.6 Å². The number of aromatic nitrogens is 3. The predicted molar refractivity (Wildman–Crippen MR) is 122 cm³/mol. The summed E-state index contributed by atoms with van der Waals surface area (Å²) in [6.45, 7) is 0.640. The van der Waals surface area contributed by atoms with Crippen LogP contribution in [0.4, 0.5) is 8.78 Å². The van der Waals surface area contributed by atoms with Crippen LogP contribution in [0.1, 0.15) is 23.6 Å². The number of halogens is 4. The zero-order chi connectivity index (χ0) is 21.2. The van der Waals surface area contributed by atoms with Gasteiger partial charge in [-0.25, -0.2) is 4.99 Å². The molecule has 0 radical (unpaired) electrons. The zero-order valence-electron chi connectivity index (χ0n) is 17.0. The van der Waals surface area contributed by atoms with E-state index in [0.29, 0.717) is 36.2 Å². The van der Waals surface area contributed by atoms with Crippen molar-refractivity contribution in [3.8, 4) is 5.75 Å². The Labute approximate surface area is 196 Å². The lowest BCUT2D eigenvalue weighted by molar-refractivity contribution is -0.0504. The maximum Gasteiger partial charge on any atom is 0.387 e. The number of aliphatic imine (C=N–C) groups is 1. The molecule has 0 atom stereocenters. The first-order chi connectivity index (χ1) is 13.9.